The highest BCUT2D eigenvalue weighted by molar-refractivity contribution is 5.76. The van der Waals surface area contributed by atoms with Gasteiger partial charge in [0, 0.05) is 13.2 Å². The van der Waals surface area contributed by atoms with Crippen molar-refractivity contribution in [3.63, 3.8) is 0 Å². The highest BCUT2D eigenvalue weighted by Gasteiger charge is 2.36. The van der Waals surface area contributed by atoms with Crippen LogP contribution < -0.4 is 5.32 Å². The summed E-state index contributed by atoms with van der Waals surface area (Å²) in [4.78, 5) is 11.5. The van der Waals surface area contributed by atoms with Crippen molar-refractivity contribution < 1.29 is 14.3 Å². The van der Waals surface area contributed by atoms with Crippen LogP contribution in [0.15, 0.2) is 0 Å². The van der Waals surface area contributed by atoms with Gasteiger partial charge >= 0.3 is 5.97 Å². The summed E-state index contributed by atoms with van der Waals surface area (Å²) in [5, 5.41) is 3.27. The van der Waals surface area contributed by atoms with Crippen LogP contribution in [-0.2, 0) is 14.3 Å². The first-order valence-corrected chi connectivity index (χ1v) is 6.68. The van der Waals surface area contributed by atoms with Crippen molar-refractivity contribution in [1.29, 1.82) is 0 Å². The standard InChI is InChI=1S/C13H25NO3/c1-3-4-9-17-10-5-8-14-12(11-6-7-11)13(15)16-2/h11-12,14H,3-10H2,1-2H3. The fraction of sp³-hybridized carbons (Fsp3) is 0.923. The summed E-state index contributed by atoms with van der Waals surface area (Å²) in [7, 11) is 1.45. The quantitative estimate of drug-likeness (QED) is 0.469. The van der Waals surface area contributed by atoms with Crippen molar-refractivity contribution in [2.24, 2.45) is 5.92 Å². The number of carbonyl (C=O) groups is 1. The van der Waals surface area contributed by atoms with Gasteiger partial charge in [0.2, 0.25) is 0 Å². The molecule has 4 heteroatoms. The summed E-state index contributed by atoms with van der Waals surface area (Å²) in [6.45, 7) is 4.59. The maximum absolute atomic E-state index is 11.5. The van der Waals surface area contributed by atoms with Crippen LogP contribution >= 0.6 is 0 Å². The zero-order chi connectivity index (χ0) is 12.5. The minimum Gasteiger partial charge on any atom is -0.468 e. The van der Waals surface area contributed by atoms with Gasteiger partial charge in [-0.15, -0.1) is 0 Å². The molecule has 100 valence electrons. The Kier molecular flexibility index (Phi) is 7.21. The lowest BCUT2D eigenvalue weighted by Gasteiger charge is -2.15. The van der Waals surface area contributed by atoms with Crippen molar-refractivity contribution in [3.8, 4) is 0 Å². The monoisotopic (exact) mass is 243 g/mol. The molecule has 1 unspecified atom stereocenters. The molecular formula is C13H25NO3. The van der Waals surface area contributed by atoms with Gasteiger partial charge < -0.3 is 14.8 Å². The van der Waals surface area contributed by atoms with Crippen molar-refractivity contribution in [2.45, 2.75) is 45.1 Å². The molecule has 0 bridgehead atoms. The van der Waals surface area contributed by atoms with Crippen LogP contribution in [0.5, 0.6) is 0 Å². The van der Waals surface area contributed by atoms with Crippen LogP contribution in [0, 0.1) is 5.92 Å². The average Bonchev–Trinajstić information content (AvgIpc) is 3.16. The van der Waals surface area contributed by atoms with Crippen LogP contribution in [0.25, 0.3) is 0 Å². The molecule has 1 rings (SSSR count). The van der Waals surface area contributed by atoms with Crippen LogP contribution in [0.2, 0.25) is 0 Å². The molecule has 1 atom stereocenters. The largest absolute Gasteiger partial charge is 0.468 e. The first-order chi connectivity index (χ1) is 8.29. The first-order valence-electron chi connectivity index (χ1n) is 6.68. The minimum absolute atomic E-state index is 0.101. The highest BCUT2D eigenvalue weighted by Crippen LogP contribution is 2.33. The molecule has 0 aromatic rings. The lowest BCUT2D eigenvalue weighted by atomic mass is 10.2. The molecular weight excluding hydrogens is 218 g/mol. The number of ether oxygens (including phenoxy) is 2. The number of methoxy groups -OCH3 is 1. The van der Waals surface area contributed by atoms with E-state index in [1.807, 2.05) is 0 Å². The summed E-state index contributed by atoms with van der Waals surface area (Å²) in [6, 6.07) is -0.101. The molecule has 0 spiro atoms. The van der Waals surface area contributed by atoms with Crippen molar-refractivity contribution in [3.05, 3.63) is 0 Å². The molecule has 0 aromatic carbocycles. The van der Waals surface area contributed by atoms with E-state index in [-0.39, 0.29) is 12.0 Å². The zero-order valence-corrected chi connectivity index (χ0v) is 11.0. The second kappa shape index (κ2) is 8.48. The smallest absolute Gasteiger partial charge is 0.323 e. The Morgan fingerprint density at radius 1 is 1.35 bits per heavy atom. The molecule has 0 radical (unpaired) electrons. The molecule has 0 saturated heterocycles. The molecule has 0 aliphatic heterocycles. The van der Waals surface area contributed by atoms with Crippen LogP contribution in [0.1, 0.15) is 39.0 Å². The van der Waals surface area contributed by atoms with E-state index in [4.69, 9.17) is 9.47 Å². The third kappa shape index (κ3) is 6.03. The summed E-state index contributed by atoms with van der Waals surface area (Å²) in [6.07, 6.45) is 5.52. The van der Waals surface area contributed by atoms with Gasteiger partial charge in [-0.25, -0.2) is 0 Å². The predicted molar refractivity (Wildman–Crippen MR) is 66.9 cm³/mol. The summed E-state index contributed by atoms with van der Waals surface area (Å²) < 4.78 is 10.3. The first kappa shape index (κ1) is 14.5. The van der Waals surface area contributed by atoms with Gasteiger partial charge in [-0.05, 0) is 38.1 Å². The van der Waals surface area contributed by atoms with Crippen LogP contribution in [0.3, 0.4) is 0 Å². The number of hydrogen-bond donors (Lipinski definition) is 1. The van der Waals surface area contributed by atoms with E-state index < -0.39 is 0 Å². The predicted octanol–water partition coefficient (Wildman–Crippen LogP) is 1.73. The number of nitrogens with one attached hydrogen (secondary N) is 1. The molecule has 0 heterocycles. The summed E-state index contributed by atoms with van der Waals surface area (Å²) in [5.41, 5.74) is 0. The Bertz CT molecular complexity index is 217. The van der Waals surface area contributed by atoms with E-state index >= 15 is 0 Å². The Morgan fingerprint density at radius 3 is 2.65 bits per heavy atom. The molecule has 17 heavy (non-hydrogen) atoms. The third-order valence-electron chi connectivity index (χ3n) is 3.02. The minimum atomic E-state index is -0.126. The Morgan fingerprint density at radius 2 is 2.06 bits per heavy atom. The number of hydrogen-bond acceptors (Lipinski definition) is 4. The number of rotatable bonds is 10. The Balaban J connectivity index is 2.01. The zero-order valence-electron chi connectivity index (χ0n) is 11.0. The van der Waals surface area contributed by atoms with E-state index in [1.54, 1.807) is 0 Å². The topological polar surface area (TPSA) is 47.6 Å². The SMILES string of the molecule is CCCCOCCCNC(C(=O)OC)C1CC1. The van der Waals surface area contributed by atoms with Gasteiger partial charge in [-0.2, -0.15) is 0 Å². The number of carbonyl (C=O) groups excluding carboxylic acids is 1. The maximum Gasteiger partial charge on any atom is 0.323 e. The molecule has 4 nitrogen and oxygen atoms in total. The average molecular weight is 243 g/mol. The van der Waals surface area contributed by atoms with Gasteiger partial charge in [0.25, 0.3) is 0 Å². The van der Waals surface area contributed by atoms with Gasteiger partial charge in [0.15, 0.2) is 0 Å². The molecule has 1 saturated carbocycles. The van der Waals surface area contributed by atoms with Gasteiger partial charge in [-0.3, -0.25) is 4.79 Å². The van der Waals surface area contributed by atoms with E-state index in [1.165, 1.54) is 13.5 Å². The lowest BCUT2D eigenvalue weighted by molar-refractivity contribution is -0.143. The van der Waals surface area contributed by atoms with Crippen molar-refractivity contribution in [1.82, 2.24) is 5.32 Å². The second-order valence-electron chi connectivity index (χ2n) is 4.61. The molecule has 1 N–H and O–H groups in total. The molecule has 0 aromatic heterocycles. The maximum atomic E-state index is 11.5. The van der Waals surface area contributed by atoms with Crippen LogP contribution in [0.4, 0.5) is 0 Å². The fourth-order valence-electron chi connectivity index (χ4n) is 1.78. The van der Waals surface area contributed by atoms with Crippen molar-refractivity contribution in [2.75, 3.05) is 26.9 Å². The molecule has 1 aliphatic carbocycles. The lowest BCUT2D eigenvalue weighted by Crippen LogP contribution is -2.40. The fourth-order valence-corrected chi connectivity index (χ4v) is 1.78. The summed E-state index contributed by atoms with van der Waals surface area (Å²) in [5.74, 6) is 0.364. The molecule has 0 amide bonds. The van der Waals surface area contributed by atoms with E-state index in [9.17, 15) is 4.79 Å². The van der Waals surface area contributed by atoms with E-state index in [0.29, 0.717) is 5.92 Å². The van der Waals surface area contributed by atoms with Gasteiger partial charge in [-0.1, -0.05) is 13.3 Å². The number of esters is 1. The van der Waals surface area contributed by atoms with Gasteiger partial charge in [0.1, 0.15) is 6.04 Å². The normalized spacial score (nSPS) is 16.8. The Labute approximate surface area is 104 Å². The van der Waals surface area contributed by atoms with Gasteiger partial charge in [0.05, 0.1) is 7.11 Å². The van der Waals surface area contributed by atoms with E-state index in [2.05, 4.69) is 12.2 Å². The summed E-state index contributed by atoms with van der Waals surface area (Å²) >= 11 is 0. The second-order valence-corrected chi connectivity index (χ2v) is 4.61. The Hall–Kier alpha value is -0.610. The van der Waals surface area contributed by atoms with Crippen molar-refractivity contribution >= 4 is 5.97 Å². The number of unbranched alkanes of at least 4 members (excludes halogenated alkanes) is 1. The highest BCUT2D eigenvalue weighted by atomic mass is 16.5. The van der Waals surface area contributed by atoms with E-state index in [0.717, 1.165) is 45.4 Å². The van der Waals surface area contributed by atoms with Crippen LogP contribution in [-0.4, -0.2) is 38.9 Å². The third-order valence-corrected chi connectivity index (χ3v) is 3.02. The molecule has 1 aliphatic rings. The molecule has 1 fully saturated rings.